The monoisotopic (exact) mass is 437 g/mol. The first-order valence-corrected chi connectivity index (χ1v) is 10.8. The molecule has 7 nitrogen and oxygen atoms in total. The van der Waals surface area contributed by atoms with Gasteiger partial charge >= 0.3 is 0 Å². The van der Waals surface area contributed by atoms with E-state index in [-0.39, 0.29) is 11.6 Å². The third-order valence-electron chi connectivity index (χ3n) is 5.33. The van der Waals surface area contributed by atoms with Crippen molar-refractivity contribution in [3.63, 3.8) is 0 Å². The molecule has 4 aromatic heterocycles. The Labute approximate surface area is 190 Å². The first kappa shape index (κ1) is 20.6. The van der Waals surface area contributed by atoms with Gasteiger partial charge in [0.2, 0.25) is 0 Å². The van der Waals surface area contributed by atoms with Crippen molar-refractivity contribution in [2.75, 3.05) is 0 Å². The molecule has 0 spiro atoms. The quantitative estimate of drug-likeness (QED) is 0.382. The standard InChI is InChI=1S/C26H23N5O2/c1-18(2)31-24(32)14-12-22(28-31)25-23-13-11-21(33-17-20-10-6-7-15-27-20)16-30(23)29-26(25)19-8-4-3-5-9-19/h3-16,18H,17H2,1-2H3. The van der Waals surface area contributed by atoms with Crippen LogP contribution in [0.4, 0.5) is 0 Å². The number of fused-ring (bicyclic) bond motifs is 1. The van der Waals surface area contributed by atoms with Gasteiger partial charge in [0.15, 0.2) is 0 Å². The van der Waals surface area contributed by atoms with Crippen LogP contribution in [0.15, 0.2) is 90.0 Å². The number of benzene rings is 1. The molecule has 33 heavy (non-hydrogen) atoms. The number of aromatic nitrogens is 5. The molecule has 0 N–H and O–H groups in total. The molecule has 5 rings (SSSR count). The molecular weight excluding hydrogens is 414 g/mol. The molecule has 0 bridgehead atoms. The summed E-state index contributed by atoms with van der Waals surface area (Å²) in [6.07, 6.45) is 3.60. The molecule has 0 aliphatic carbocycles. The Balaban J connectivity index is 1.62. The van der Waals surface area contributed by atoms with Gasteiger partial charge in [-0.2, -0.15) is 10.2 Å². The van der Waals surface area contributed by atoms with Crippen molar-refractivity contribution in [2.45, 2.75) is 26.5 Å². The fourth-order valence-electron chi connectivity index (χ4n) is 3.74. The van der Waals surface area contributed by atoms with E-state index in [2.05, 4.69) is 10.1 Å². The Hall–Kier alpha value is -4.26. The summed E-state index contributed by atoms with van der Waals surface area (Å²) in [6, 6.07) is 22.8. The highest BCUT2D eigenvalue weighted by Gasteiger charge is 2.19. The zero-order chi connectivity index (χ0) is 22.8. The molecule has 0 saturated heterocycles. The van der Waals surface area contributed by atoms with Crippen LogP contribution in [0.25, 0.3) is 28.0 Å². The average molecular weight is 438 g/mol. The Morgan fingerprint density at radius 1 is 0.909 bits per heavy atom. The third kappa shape index (κ3) is 4.13. The van der Waals surface area contributed by atoms with Crippen LogP contribution >= 0.6 is 0 Å². The number of nitrogens with zero attached hydrogens (tertiary/aromatic N) is 5. The first-order chi connectivity index (χ1) is 16.1. The third-order valence-corrected chi connectivity index (χ3v) is 5.33. The molecule has 0 unspecified atom stereocenters. The number of rotatable bonds is 6. The normalized spacial score (nSPS) is 11.2. The summed E-state index contributed by atoms with van der Waals surface area (Å²) in [5.74, 6) is 0.682. The van der Waals surface area contributed by atoms with Crippen LogP contribution in [0.5, 0.6) is 5.75 Å². The van der Waals surface area contributed by atoms with E-state index in [0.29, 0.717) is 18.1 Å². The smallest absolute Gasteiger partial charge is 0.267 e. The maximum atomic E-state index is 12.3. The number of pyridine rings is 2. The van der Waals surface area contributed by atoms with Gasteiger partial charge in [-0.15, -0.1) is 0 Å². The second-order valence-electron chi connectivity index (χ2n) is 7.99. The predicted molar refractivity (Wildman–Crippen MR) is 127 cm³/mol. The van der Waals surface area contributed by atoms with Crippen LogP contribution in [-0.4, -0.2) is 24.4 Å². The van der Waals surface area contributed by atoms with E-state index in [9.17, 15) is 4.79 Å². The van der Waals surface area contributed by atoms with E-state index in [1.54, 1.807) is 22.8 Å². The molecule has 0 aliphatic rings. The van der Waals surface area contributed by atoms with Gasteiger partial charge in [0.1, 0.15) is 18.1 Å². The van der Waals surface area contributed by atoms with Crippen molar-refractivity contribution in [1.82, 2.24) is 24.4 Å². The Kier molecular flexibility index (Phi) is 5.44. The summed E-state index contributed by atoms with van der Waals surface area (Å²) >= 11 is 0. The van der Waals surface area contributed by atoms with Gasteiger partial charge in [-0.05, 0) is 44.2 Å². The summed E-state index contributed by atoms with van der Waals surface area (Å²) in [4.78, 5) is 16.6. The number of hydrogen-bond donors (Lipinski definition) is 0. The van der Waals surface area contributed by atoms with E-state index in [4.69, 9.17) is 9.84 Å². The molecule has 164 valence electrons. The topological polar surface area (TPSA) is 74.3 Å². The van der Waals surface area contributed by atoms with Gasteiger partial charge in [-0.3, -0.25) is 9.78 Å². The minimum Gasteiger partial charge on any atom is -0.486 e. The first-order valence-electron chi connectivity index (χ1n) is 10.8. The summed E-state index contributed by atoms with van der Waals surface area (Å²) in [7, 11) is 0. The minimum absolute atomic E-state index is 0.0499. The van der Waals surface area contributed by atoms with E-state index in [1.807, 2.05) is 80.7 Å². The second kappa shape index (κ2) is 8.70. The van der Waals surface area contributed by atoms with Gasteiger partial charge in [-0.1, -0.05) is 36.4 Å². The van der Waals surface area contributed by atoms with E-state index >= 15 is 0 Å². The van der Waals surface area contributed by atoms with Crippen molar-refractivity contribution in [1.29, 1.82) is 0 Å². The largest absolute Gasteiger partial charge is 0.486 e. The number of hydrogen-bond acceptors (Lipinski definition) is 5. The highest BCUT2D eigenvalue weighted by Crippen LogP contribution is 2.34. The summed E-state index contributed by atoms with van der Waals surface area (Å²) in [5.41, 5.74) is 4.92. The Morgan fingerprint density at radius 3 is 2.48 bits per heavy atom. The van der Waals surface area contributed by atoms with Crippen LogP contribution in [0.2, 0.25) is 0 Å². The van der Waals surface area contributed by atoms with Crippen molar-refractivity contribution in [3.8, 4) is 28.3 Å². The maximum absolute atomic E-state index is 12.3. The van der Waals surface area contributed by atoms with Crippen LogP contribution in [0, 0.1) is 0 Å². The molecule has 5 aromatic rings. The Bertz CT molecular complexity index is 1460. The summed E-state index contributed by atoms with van der Waals surface area (Å²) in [5, 5.41) is 9.53. The molecule has 0 aliphatic heterocycles. The van der Waals surface area contributed by atoms with Gasteiger partial charge in [0.05, 0.1) is 34.7 Å². The van der Waals surface area contributed by atoms with Crippen molar-refractivity contribution in [2.24, 2.45) is 0 Å². The Morgan fingerprint density at radius 2 is 1.73 bits per heavy atom. The lowest BCUT2D eigenvalue weighted by atomic mass is 10.0. The highest BCUT2D eigenvalue weighted by atomic mass is 16.5. The molecule has 0 atom stereocenters. The molecule has 0 amide bonds. The fourth-order valence-corrected chi connectivity index (χ4v) is 3.74. The second-order valence-corrected chi connectivity index (χ2v) is 7.99. The van der Waals surface area contributed by atoms with E-state index in [1.165, 1.54) is 4.68 Å². The van der Waals surface area contributed by atoms with Gasteiger partial charge in [0.25, 0.3) is 5.56 Å². The summed E-state index contributed by atoms with van der Waals surface area (Å²) in [6.45, 7) is 4.25. The van der Waals surface area contributed by atoms with Crippen LogP contribution in [0.3, 0.4) is 0 Å². The fraction of sp³-hybridized carbons (Fsp3) is 0.154. The average Bonchev–Trinajstić information content (AvgIpc) is 3.23. The van der Waals surface area contributed by atoms with Gasteiger partial charge < -0.3 is 4.74 Å². The van der Waals surface area contributed by atoms with E-state index < -0.39 is 0 Å². The molecular formula is C26H23N5O2. The highest BCUT2D eigenvalue weighted by molar-refractivity contribution is 5.90. The van der Waals surface area contributed by atoms with Crippen molar-refractivity contribution >= 4 is 5.52 Å². The zero-order valence-corrected chi connectivity index (χ0v) is 18.4. The molecule has 7 heteroatoms. The van der Waals surface area contributed by atoms with Crippen LogP contribution < -0.4 is 10.3 Å². The predicted octanol–water partition coefficient (Wildman–Crippen LogP) is 4.78. The van der Waals surface area contributed by atoms with Crippen LogP contribution in [0.1, 0.15) is 25.6 Å². The van der Waals surface area contributed by atoms with Gasteiger partial charge in [-0.25, -0.2) is 9.20 Å². The van der Waals surface area contributed by atoms with Gasteiger partial charge in [0, 0.05) is 17.8 Å². The summed E-state index contributed by atoms with van der Waals surface area (Å²) < 4.78 is 9.24. The lowest BCUT2D eigenvalue weighted by Gasteiger charge is -2.10. The molecule has 1 aromatic carbocycles. The number of ether oxygens (including phenoxy) is 1. The lowest BCUT2D eigenvalue weighted by molar-refractivity contribution is 0.299. The van der Waals surface area contributed by atoms with Crippen molar-refractivity contribution < 1.29 is 4.74 Å². The minimum atomic E-state index is -0.128. The van der Waals surface area contributed by atoms with Crippen LogP contribution in [-0.2, 0) is 6.61 Å². The SMILES string of the molecule is CC(C)n1nc(-c2c(-c3ccccc3)nn3cc(OCc4ccccn4)ccc23)ccc1=O. The molecule has 0 radical (unpaired) electrons. The van der Waals surface area contributed by atoms with E-state index in [0.717, 1.165) is 28.0 Å². The zero-order valence-electron chi connectivity index (χ0n) is 18.4. The maximum Gasteiger partial charge on any atom is 0.267 e. The lowest BCUT2D eigenvalue weighted by Crippen LogP contribution is -2.23. The molecule has 0 fully saturated rings. The molecule has 0 saturated carbocycles. The molecule has 4 heterocycles. The van der Waals surface area contributed by atoms with Crippen molar-refractivity contribution in [3.05, 3.63) is 101 Å².